The Morgan fingerprint density at radius 3 is 2.75 bits per heavy atom. The number of ether oxygens (including phenoxy) is 1. The number of alkyl halides is 3. The number of fused-ring (bicyclic) bond motifs is 1. The van der Waals surface area contributed by atoms with Crippen molar-refractivity contribution in [2.45, 2.75) is 30.9 Å². The molecule has 0 fully saturated rings. The number of aromatic nitrogens is 3. The van der Waals surface area contributed by atoms with Crippen molar-refractivity contribution >= 4 is 28.7 Å². The third-order valence-electron chi connectivity index (χ3n) is 3.79. The molecule has 6 nitrogen and oxygen atoms in total. The summed E-state index contributed by atoms with van der Waals surface area (Å²) in [5.74, 6) is 0.234. The number of benzene rings is 1. The van der Waals surface area contributed by atoms with Crippen molar-refractivity contribution in [1.82, 2.24) is 14.6 Å². The van der Waals surface area contributed by atoms with E-state index in [0.29, 0.717) is 27.7 Å². The highest BCUT2D eigenvalue weighted by Crippen LogP contribution is 2.29. The molecule has 10 heteroatoms. The van der Waals surface area contributed by atoms with Crippen molar-refractivity contribution < 1.29 is 22.7 Å². The van der Waals surface area contributed by atoms with Gasteiger partial charge >= 0.3 is 6.18 Å². The van der Waals surface area contributed by atoms with Crippen LogP contribution in [0, 0.1) is 6.92 Å². The number of thioether (sulfide) groups is 1. The van der Waals surface area contributed by atoms with E-state index in [2.05, 4.69) is 15.4 Å². The number of hydrogen-bond donors (Lipinski definition) is 1. The summed E-state index contributed by atoms with van der Waals surface area (Å²) in [5, 5.41) is 0.541. The van der Waals surface area contributed by atoms with Crippen LogP contribution in [0.15, 0.2) is 41.7 Å². The summed E-state index contributed by atoms with van der Waals surface area (Å²) in [6.45, 7) is 1.70. The number of carbonyl (C=O) groups is 1. The van der Waals surface area contributed by atoms with E-state index in [1.54, 1.807) is 11.6 Å². The predicted molar refractivity (Wildman–Crippen MR) is 99.9 cm³/mol. The molecule has 0 radical (unpaired) electrons. The summed E-state index contributed by atoms with van der Waals surface area (Å²) in [7, 11) is 0. The smallest absolute Gasteiger partial charge is 0.422 e. The van der Waals surface area contributed by atoms with E-state index in [0.717, 1.165) is 5.52 Å². The summed E-state index contributed by atoms with van der Waals surface area (Å²) < 4.78 is 43.7. The van der Waals surface area contributed by atoms with Crippen molar-refractivity contribution in [1.29, 1.82) is 0 Å². The van der Waals surface area contributed by atoms with Crippen LogP contribution in [-0.2, 0) is 10.5 Å². The summed E-state index contributed by atoms with van der Waals surface area (Å²) >= 11 is 1.31. The minimum atomic E-state index is -4.41. The van der Waals surface area contributed by atoms with Gasteiger partial charge in [0, 0.05) is 24.4 Å². The molecule has 0 spiro atoms. The zero-order chi connectivity index (χ0) is 20.3. The second-order valence-corrected chi connectivity index (χ2v) is 6.90. The molecule has 0 bridgehead atoms. The van der Waals surface area contributed by atoms with Crippen molar-refractivity contribution in [2.75, 3.05) is 12.0 Å². The largest absolute Gasteiger partial charge is 0.484 e. The number of nitrogens with one attached hydrogen (secondary N) is 1. The molecule has 0 aliphatic carbocycles. The molecule has 0 saturated carbocycles. The van der Waals surface area contributed by atoms with Crippen molar-refractivity contribution in [3.63, 3.8) is 0 Å². The lowest BCUT2D eigenvalue weighted by molar-refractivity contribution is -0.153. The average molecular weight is 410 g/mol. The Kier molecular flexibility index (Phi) is 5.78. The van der Waals surface area contributed by atoms with Gasteiger partial charge in [-0.25, -0.2) is 9.66 Å². The van der Waals surface area contributed by atoms with Gasteiger partial charge in [-0.2, -0.15) is 13.2 Å². The van der Waals surface area contributed by atoms with Gasteiger partial charge in [0.2, 0.25) is 5.91 Å². The van der Waals surface area contributed by atoms with Gasteiger partial charge < -0.3 is 4.74 Å². The maximum absolute atomic E-state index is 12.4. The van der Waals surface area contributed by atoms with E-state index < -0.39 is 12.8 Å². The van der Waals surface area contributed by atoms with E-state index in [1.807, 2.05) is 24.3 Å². The number of hydrogen-bond acceptors (Lipinski definition) is 5. The van der Waals surface area contributed by atoms with Crippen molar-refractivity contribution in [3.8, 4) is 5.75 Å². The maximum atomic E-state index is 12.4. The van der Waals surface area contributed by atoms with E-state index in [1.165, 1.54) is 30.9 Å². The van der Waals surface area contributed by atoms with Crippen molar-refractivity contribution in [3.05, 3.63) is 47.8 Å². The van der Waals surface area contributed by atoms with Crippen molar-refractivity contribution in [2.24, 2.45) is 0 Å². The number of halogens is 3. The Bertz CT molecular complexity index is 1000. The first kappa shape index (κ1) is 20.0. The minimum Gasteiger partial charge on any atom is -0.484 e. The van der Waals surface area contributed by atoms with Gasteiger partial charge in [-0.05, 0) is 25.1 Å². The molecule has 1 N–H and O–H groups in total. The van der Waals surface area contributed by atoms with Gasteiger partial charge in [-0.3, -0.25) is 15.2 Å². The second-order valence-electron chi connectivity index (χ2n) is 5.96. The predicted octanol–water partition coefficient (Wildman–Crippen LogP) is 4.06. The van der Waals surface area contributed by atoms with Gasteiger partial charge in [0.15, 0.2) is 11.8 Å². The van der Waals surface area contributed by atoms with Crippen LogP contribution in [0.1, 0.15) is 18.2 Å². The summed E-state index contributed by atoms with van der Waals surface area (Å²) in [4.78, 5) is 20.3. The van der Waals surface area contributed by atoms with Crippen LogP contribution in [0.4, 0.5) is 13.2 Å². The molecule has 0 atom stereocenters. The zero-order valence-corrected chi connectivity index (χ0v) is 15.9. The summed E-state index contributed by atoms with van der Waals surface area (Å²) in [6, 6.07) is 8.74. The topological polar surface area (TPSA) is 69.0 Å². The van der Waals surface area contributed by atoms with Crippen LogP contribution < -0.4 is 10.2 Å². The zero-order valence-electron chi connectivity index (χ0n) is 15.1. The highest BCUT2D eigenvalue weighted by Gasteiger charge is 2.28. The quantitative estimate of drug-likeness (QED) is 0.621. The normalized spacial score (nSPS) is 11.6. The number of imidazole rings is 1. The molecule has 3 rings (SSSR count). The molecule has 3 aromatic rings. The fourth-order valence-corrected chi connectivity index (χ4v) is 3.51. The van der Waals surface area contributed by atoms with Gasteiger partial charge in [-0.15, -0.1) is 0 Å². The first-order chi connectivity index (χ1) is 13.2. The Hall–Kier alpha value is -2.75. The molecule has 28 heavy (non-hydrogen) atoms. The van der Waals surface area contributed by atoms with E-state index in [-0.39, 0.29) is 11.7 Å². The van der Waals surface area contributed by atoms with Gasteiger partial charge in [0.1, 0.15) is 5.75 Å². The molecular weight excluding hydrogens is 393 g/mol. The maximum Gasteiger partial charge on any atom is 0.422 e. The highest BCUT2D eigenvalue weighted by molar-refractivity contribution is 7.98. The molecule has 0 aliphatic rings. The first-order valence-corrected chi connectivity index (χ1v) is 9.25. The molecule has 2 heterocycles. The molecule has 0 unspecified atom stereocenters. The minimum absolute atomic E-state index is 0.137. The Morgan fingerprint density at radius 1 is 1.29 bits per heavy atom. The number of nitrogens with zero attached hydrogens (tertiary/aromatic N) is 3. The Labute approximate surface area is 163 Å². The Morgan fingerprint density at radius 2 is 2.04 bits per heavy atom. The van der Waals surface area contributed by atoms with Crippen LogP contribution in [0.2, 0.25) is 0 Å². The number of para-hydroxylation sites is 2. The lowest BCUT2D eigenvalue weighted by Gasteiger charge is -2.13. The monoisotopic (exact) mass is 410 g/mol. The third kappa shape index (κ3) is 4.75. The number of carbonyl (C=O) groups excluding carboxylic acids is 1. The lowest BCUT2D eigenvalue weighted by Crippen LogP contribution is -2.20. The van der Waals surface area contributed by atoms with Crippen LogP contribution in [-0.4, -0.2) is 33.3 Å². The number of rotatable bonds is 6. The van der Waals surface area contributed by atoms with Gasteiger partial charge in [0.25, 0.3) is 0 Å². The van der Waals surface area contributed by atoms with Gasteiger partial charge in [0.05, 0.1) is 16.7 Å². The van der Waals surface area contributed by atoms with Crippen LogP contribution in [0.5, 0.6) is 5.75 Å². The first-order valence-electron chi connectivity index (χ1n) is 8.26. The van der Waals surface area contributed by atoms with E-state index in [4.69, 9.17) is 4.74 Å². The van der Waals surface area contributed by atoms with Crippen LogP contribution in [0.3, 0.4) is 0 Å². The number of amides is 1. The van der Waals surface area contributed by atoms with Crippen LogP contribution >= 0.6 is 11.8 Å². The SMILES string of the molecule is CC(=O)Nn1c(SCc2nccc(OCC(F)(F)F)c2C)nc2ccccc21. The average Bonchev–Trinajstić information content (AvgIpc) is 2.96. The molecule has 0 saturated heterocycles. The van der Waals surface area contributed by atoms with E-state index in [9.17, 15) is 18.0 Å². The third-order valence-corrected chi connectivity index (χ3v) is 4.74. The molecule has 2 aromatic heterocycles. The number of pyridine rings is 1. The molecule has 1 aromatic carbocycles. The molecule has 0 aliphatic heterocycles. The standard InChI is InChI=1S/C18H17F3N4O2S/c1-11-14(22-8-7-16(11)27-10-18(19,20)21)9-28-17-23-13-5-3-4-6-15(13)25(17)24-12(2)26/h3-8H,9-10H2,1-2H3,(H,24,26). The second kappa shape index (κ2) is 8.09. The fraction of sp³-hybridized carbons (Fsp3) is 0.278. The highest BCUT2D eigenvalue weighted by atomic mass is 32.2. The van der Waals surface area contributed by atoms with Gasteiger partial charge in [-0.1, -0.05) is 23.9 Å². The summed E-state index contributed by atoms with van der Waals surface area (Å²) in [5.41, 5.74) is 5.28. The fourth-order valence-electron chi connectivity index (χ4n) is 2.52. The van der Waals surface area contributed by atoms with E-state index >= 15 is 0 Å². The van der Waals surface area contributed by atoms with Crippen LogP contribution in [0.25, 0.3) is 11.0 Å². The lowest BCUT2D eigenvalue weighted by atomic mass is 10.2. The molecular formula is C18H17F3N4O2S. The Balaban J connectivity index is 1.82. The molecule has 148 valence electrons. The molecule has 1 amide bonds. The summed E-state index contributed by atoms with van der Waals surface area (Å²) in [6.07, 6.45) is -3.00.